The number of H-pyrrole nitrogens is 1. The van der Waals surface area contributed by atoms with E-state index in [1.807, 2.05) is 0 Å². The van der Waals surface area contributed by atoms with Crippen LogP contribution in [-0.2, 0) is 46.4 Å². The zero-order chi connectivity index (χ0) is 38.7. The average Bonchev–Trinajstić information content (AvgIpc) is 3.86. The zero-order valence-electron chi connectivity index (χ0n) is 28.9. The number of anilines is 1. The lowest BCUT2D eigenvalue weighted by atomic mass is 9.98. The van der Waals surface area contributed by atoms with Gasteiger partial charge in [0.1, 0.15) is 54.4 Å². The Bertz CT molecular complexity index is 2220. The number of nitrogens with one attached hydrogen (secondary N) is 1. The lowest BCUT2D eigenvalue weighted by Gasteiger charge is -2.28. The van der Waals surface area contributed by atoms with Gasteiger partial charge in [-0.25, -0.2) is 38.3 Å². The number of nitrogens with two attached hydrogens (primary N) is 1. The summed E-state index contributed by atoms with van der Waals surface area (Å²) in [5.74, 6) is -1.06. The van der Waals surface area contributed by atoms with Gasteiger partial charge in [-0.15, -0.1) is 0 Å². The number of carbonyl (C=O) groups excluding carboxylic acids is 1. The van der Waals surface area contributed by atoms with Gasteiger partial charge in [0, 0.05) is 11.4 Å². The minimum atomic E-state index is -4.73. The normalized spacial score (nSPS) is 33.8. The van der Waals surface area contributed by atoms with Gasteiger partial charge in [0.2, 0.25) is 0 Å². The second kappa shape index (κ2) is 14.6. The molecular weight excluding hydrogens is 786 g/mol. The van der Waals surface area contributed by atoms with Crippen LogP contribution in [0.4, 0.5) is 14.6 Å². The van der Waals surface area contributed by atoms with Crippen LogP contribution in [0.25, 0.3) is 22.3 Å². The van der Waals surface area contributed by atoms with E-state index in [4.69, 9.17) is 38.3 Å². The van der Waals surface area contributed by atoms with Gasteiger partial charge >= 0.3 is 20.4 Å². The molecule has 21 nitrogen and oxygen atoms in total. The molecule has 0 aromatic carbocycles. The molecule has 2 bridgehead atoms. The number of aromatic nitrogens is 8. The molecule has 3 fully saturated rings. The molecular formula is C28H35F2N9O12P2S. The smallest absolute Gasteiger partial charge is 0.393 e. The molecule has 54 heavy (non-hydrogen) atoms. The molecule has 4 aromatic heterocycles. The number of carbonyl (C=O) groups is 1. The van der Waals surface area contributed by atoms with E-state index in [9.17, 15) is 23.6 Å². The number of esters is 1. The van der Waals surface area contributed by atoms with E-state index in [-0.39, 0.29) is 34.0 Å². The van der Waals surface area contributed by atoms with Gasteiger partial charge in [0.15, 0.2) is 47.4 Å². The summed E-state index contributed by atoms with van der Waals surface area (Å²) in [6, 6.07) is 0. The first-order valence-electron chi connectivity index (χ1n) is 16.2. The Labute approximate surface area is 307 Å². The van der Waals surface area contributed by atoms with Crippen LogP contribution in [-0.4, -0.2) is 112 Å². The van der Waals surface area contributed by atoms with Crippen molar-refractivity contribution < 1.29 is 60.1 Å². The number of halogens is 2. The van der Waals surface area contributed by atoms with Crippen LogP contribution in [0.15, 0.2) is 23.8 Å². The van der Waals surface area contributed by atoms with E-state index < -0.39 is 106 Å². The van der Waals surface area contributed by atoms with Crippen LogP contribution in [0.5, 0.6) is 0 Å². The number of aromatic amines is 1. The Kier molecular flexibility index (Phi) is 10.5. The molecule has 3 aliphatic rings. The monoisotopic (exact) mass is 821 g/mol. The molecule has 0 aliphatic carbocycles. The van der Waals surface area contributed by atoms with Crippen LogP contribution in [0.2, 0.25) is 0 Å². The van der Waals surface area contributed by atoms with Crippen LogP contribution >= 0.6 is 25.8 Å². The van der Waals surface area contributed by atoms with Gasteiger partial charge in [-0.1, -0.05) is 0 Å². The van der Waals surface area contributed by atoms with E-state index >= 15 is 8.78 Å². The highest BCUT2D eigenvalue weighted by Gasteiger charge is 2.54. The fraction of sp³-hybridized carbons (Fsp3) is 0.607. The topological polar surface area (TPSA) is 269 Å². The number of imidazole rings is 2. The number of fused-ring (bicyclic) bond motifs is 5. The summed E-state index contributed by atoms with van der Waals surface area (Å²) in [6.45, 7) is -0.0109. The molecule has 294 valence electrons. The summed E-state index contributed by atoms with van der Waals surface area (Å²) < 4.78 is 102. The van der Waals surface area contributed by atoms with E-state index in [2.05, 4.69) is 29.9 Å². The summed E-state index contributed by atoms with van der Waals surface area (Å²) >= 11 is 0.387. The molecule has 4 N–H and O–H groups in total. The third-order valence-electron chi connectivity index (χ3n) is 8.55. The minimum absolute atomic E-state index is 0.00941. The van der Waals surface area contributed by atoms with Crippen molar-refractivity contribution in [3.05, 3.63) is 35.2 Å². The Balaban J connectivity index is 1.24. The van der Waals surface area contributed by atoms with Crippen molar-refractivity contribution in [3.8, 4) is 0 Å². The Morgan fingerprint density at radius 3 is 2.44 bits per heavy atom. The van der Waals surface area contributed by atoms with Gasteiger partial charge < -0.3 is 39.1 Å². The summed E-state index contributed by atoms with van der Waals surface area (Å²) in [4.78, 5) is 58.8. The zero-order valence-corrected chi connectivity index (χ0v) is 31.5. The molecule has 0 radical (unpaired) electrons. The fourth-order valence-corrected chi connectivity index (χ4v) is 9.46. The van der Waals surface area contributed by atoms with Crippen molar-refractivity contribution in [2.24, 2.45) is 5.41 Å². The Hall–Kier alpha value is -3.44. The van der Waals surface area contributed by atoms with E-state index in [1.165, 1.54) is 22.4 Å². The van der Waals surface area contributed by atoms with Gasteiger partial charge in [0.25, 0.3) is 5.56 Å². The largest absolute Gasteiger partial charge is 0.454 e. The first-order valence-corrected chi connectivity index (χ1v) is 21.1. The van der Waals surface area contributed by atoms with Crippen molar-refractivity contribution in [2.45, 2.75) is 76.9 Å². The lowest BCUT2D eigenvalue weighted by molar-refractivity contribution is -0.150. The molecule has 10 atom stereocenters. The Morgan fingerprint density at radius 2 is 1.70 bits per heavy atom. The minimum Gasteiger partial charge on any atom is -0.454 e. The quantitative estimate of drug-likeness (QED) is 0.148. The maximum absolute atomic E-state index is 16.4. The SMILES string of the molecule is Cc1nc2c(ncn2[C@@H]2O[C@@H]3COP(=O)(O)CO[C@H]4[C@@H](F)[C@H](n5cnc6c(N)ncnc65)O[C@@H]4COP(=O)(SCOC(=O)C(C)(C)C)O[C@@H]2[C@@H]3F)c(=O)[nH]1. The van der Waals surface area contributed by atoms with Crippen LogP contribution in [0, 0.1) is 12.3 Å². The molecule has 7 rings (SSSR count). The molecule has 3 aliphatic heterocycles. The number of alkyl halides is 2. The molecule has 3 saturated heterocycles. The Morgan fingerprint density at radius 1 is 1.02 bits per heavy atom. The van der Waals surface area contributed by atoms with E-state index in [1.54, 1.807) is 20.8 Å². The molecule has 7 heterocycles. The first-order chi connectivity index (χ1) is 25.4. The van der Waals surface area contributed by atoms with E-state index in [0.29, 0.717) is 11.4 Å². The van der Waals surface area contributed by atoms with Gasteiger partial charge in [0.05, 0.1) is 31.3 Å². The average molecular weight is 822 g/mol. The predicted octanol–water partition coefficient (Wildman–Crippen LogP) is 2.67. The summed E-state index contributed by atoms with van der Waals surface area (Å²) in [6.07, 6.45) is -11.6. The molecule has 0 saturated carbocycles. The second-order valence-electron chi connectivity index (χ2n) is 13.5. The van der Waals surface area contributed by atoms with Crippen LogP contribution < -0.4 is 11.3 Å². The summed E-state index contributed by atoms with van der Waals surface area (Å²) in [5, 5.41) is 0. The lowest BCUT2D eigenvalue weighted by Crippen LogP contribution is -2.36. The summed E-state index contributed by atoms with van der Waals surface area (Å²) in [5.41, 5.74) is 4.39. The number of nitrogens with zero attached hydrogens (tertiary/aromatic N) is 7. The standard InChI is InChI=1S/C28H35F2N9O12P2S/c1-12-36-23-18(24(40)37-12)35-9-39(23)26-20-15(29)13(49-26)5-47-52(42,43)10-45-19-14(6-48-53(44,51-20)54-11-46-27(41)28(2,3)4)50-25(16(19)30)38-8-34-17-21(31)32-7-33-22(17)38/h7-9,13-16,19-20,25-26H,5-6,10-11H2,1-4H3,(H,42,43)(H2,31,32,33)(H,36,37,40)/t13-,14-,15-,16-,19-,20-,25-,26-,53?/m1/s1. The van der Waals surface area contributed by atoms with Crippen molar-refractivity contribution in [1.29, 1.82) is 0 Å². The maximum atomic E-state index is 16.4. The number of aryl methyl sites for hydroxylation is 1. The fourth-order valence-electron chi connectivity index (χ4n) is 5.88. The number of rotatable bonds is 5. The van der Waals surface area contributed by atoms with Crippen molar-refractivity contribution >= 4 is 59.9 Å². The van der Waals surface area contributed by atoms with Gasteiger partial charge in [-0.2, -0.15) is 0 Å². The summed E-state index contributed by atoms with van der Waals surface area (Å²) in [7, 11) is -4.73. The van der Waals surface area contributed by atoms with E-state index in [0.717, 1.165) is 12.7 Å². The maximum Gasteiger partial charge on any atom is 0.393 e. The first kappa shape index (κ1) is 38.8. The molecule has 0 spiro atoms. The molecule has 2 unspecified atom stereocenters. The third-order valence-corrected chi connectivity index (χ3v) is 12.9. The van der Waals surface area contributed by atoms with Crippen LogP contribution in [0.1, 0.15) is 39.1 Å². The van der Waals surface area contributed by atoms with Gasteiger partial charge in [-0.3, -0.25) is 32.3 Å². The van der Waals surface area contributed by atoms with Crippen molar-refractivity contribution in [2.75, 3.05) is 31.2 Å². The van der Waals surface area contributed by atoms with Crippen LogP contribution in [0.3, 0.4) is 0 Å². The second-order valence-corrected chi connectivity index (χ2v) is 19.3. The number of hydrogen-bond donors (Lipinski definition) is 3. The number of ether oxygens (including phenoxy) is 4. The predicted molar refractivity (Wildman–Crippen MR) is 182 cm³/mol. The highest BCUT2D eigenvalue weighted by molar-refractivity contribution is 8.55. The van der Waals surface area contributed by atoms with Gasteiger partial charge in [-0.05, 0) is 27.7 Å². The molecule has 0 amide bonds. The van der Waals surface area contributed by atoms with Crippen molar-refractivity contribution in [1.82, 2.24) is 39.0 Å². The molecule has 26 heteroatoms. The highest BCUT2D eigenvalue weighted by Crippen LogP contribution is 2.64. The third kappa shape index (κ3) is 7.56. The number of hydrogen-bond acceptors (Lipinski definition) is 18. The number of nitrogen functional groups attached to an aromatic ring is 1. The van der Waals surface area contributed by atoms with Crippen molar-refractivity contribution in [3.63, 3.8) is 0 Å². The molecule has 4 aromatic rings. The highest BCUT2D eigenvalue weighted by atomic mass is 32.7.